The highest BCUT2D eigenvalue weighted by molar-refractivity contribution is 6.00. The van der Waals surface area contributed by atoms with Gasteiger partial charge < -0.3 is 0 Å². The van der Waals surface area contributed by atoms with Crippen molar-refractivity contribution in [2.75, 3.05) is 0 Å². The first-order chi connectivity index (χ1) is 7.68. The van der Waals surface area contributed by atoms with E-state index >= 15 is 0 Å². The van der Waals surface area contributed by atoms with Gasteiger partial charge in [-0.2, -0.15) is 0 Å². The maximum Gasteiger partial charge on any atom is 0.160 e. The first-order valence-electron chi connectivity index (χ1n) is 5.21. The van der Waals surface area contributed by atoms with E-state index in [1.165, 1.54) is 0 Å². The van der Waals surface area contributed by atoms with Crippen LogP contribution in [0.1, 0.15) is 23.0 Å². The fraction of sp³-hybridized carbons (Fsp3) is 0.143. The second-order valence-corrected chi connectivity index (χ2v) is 3.79. The Kier molecular flexibility index (Phi) is 2.82. The van der Waals surface area contributed by atoms with E-state index < -0.39 is 0 Å². The molecule has 0 amide bonds. The summed E-state index contributed by atoms with van der Waals surface area (Å²) in [5, 5.41) is 0. The lowest BCUT2D eigenvalue weighted by Gasteiger charge is -2.07. The monoisotopic (exact) mass is 211 g/mol. The van der Waals surface area contributed by atoms with Gasteiger partial charge in [0.1, 0.15) is 0 Å². The Morgan fingerprint density at radius 2 is 1.94 bits per heavy atom. The summed E-state index contributed by atoms with van der Waals surface area (Å²) in [6, 6.07) is 11.6. The van der Waals surface area contributed by atoms with Crippen LogP contribution in [0.2, 0.25) is 0 Å². The number of aromatic nitrogens is 1. The molecule has 2 nitrogen and oxygen atoms in total. The van der Waals surface area contributed by atoms with Gasteiger partial charge in [0.15, 0.2) is 5.78 Å². The zero-order valence-corrected chi connectivity index (χ0v) is 9.40. The zero-order chi connectivity index (χ0) is 11.5. The number of hydrogen-bond donors (Lipinski definition) is 0. The Morgan fingerprint density at radius 3 is 2.62 bits per heavy atom. The molecule has 0 unspecified atom stereocenters. The van der Waals surface area contributed by atoms with Crippen molar-refractivity contribution in [2.24, 2.45) is 0 Å². The van der Waals surface area contributed by atoms with Crippen molar-refractivity contribution in [1.29, 1.82) is 0 Å². The Balaban J connectivity index is 2.60. The predicted molar refractivity (Wildman–Crippen MR) is 64.4 cm³/mol. The van der Waals surface area contributed by atoms with Gasteiger partial charge in [-0.15, -0.1) is 0 Å². The molecule has 1 aromatic heterocycles. The third-order valence-electron chi connectivity index (χ3n) is 2.51. The van der Waals surface area contributed by atoms with Crippen LogP contribution in [0, 0.1) is 6.92 Å². The zero-order valence-electron chi connectivity index (χ0n) is 9.40. The Labute approximate surface area is 95.0 Å². The standard InChI is InChI=1S/C14H13NO/c1-10-9-12(7-8-15-10)14-6-4-3-5-13(14)11(2)16/h3-9H,1-2H3. The molecule has 16 heavy (non-hydrogen) atoms. The summed E-state index contributed by atoms with van der Waals surface area (Å²) in [4.78, 5) is 15.7. The molecule has 0 atom stereocenters. The summed E-state index contributed by atoms with van der Waals surface area (Å²) in [6.45, 7) is 3.53. The molecule has 1 aromatic carbocycles. The van der Waals surface area contributed by atoms with Crippen LogP contribution >= 0.6 is 0 Å². The summed E-state index contributed by atoms with van der Waals surface area (Å²) in [5.41, 5.74) is 3.72. The van der Waals surface area contributed by atoms with Crippen LogP contribution in [0.3, 0.4) is 0 Å². The van der Waals surface area contributed by atoms with E-state index in [9.17, 15) is 4.79 Å². The van der Waals surface area contributed by atoms with Crippen LogP contribution in [-0.4, -0.2) is 10.8 Å². The van der Waals surface area contributed by atoms with E-state index in [2.05, 4.69) is 4.98 Å². The third-order valence-corrected chi connectivity index (χ3v) is 2.51. The fourth-order valence-electron chi connectivity index (χ4n) is 1.75. The number of benzene rings is 1. The number of carbonyl (C=O) groups is 1. The van der Waals surface area contributed by atoms with Gasteiger partial charge in [0.25, 0.3) is 0 Å². The average Bonchev–Trinajstić information content (AvgIpc) is 2.29. The molecule has 2 aromatic rings. The second kappa shape index (κ2) is 4.27. The van der Waals surface area contributed by atoms with E-state index in [0.717, 1.165) is 22.4 Å². The maximum absolute atomic E-state index is 11.5. The van der Waals surface area contributed by atoms with Crippen LogP contribution in [0.4, 0.5) is 0 Å². The van der Waals surface area contributed by atoms with Crippen molar-refractivity contribution < 1.29 is 4.79 Å². The van der Waals surface area contributed by atoms with Gasteiger partial charge in [-0.05, 0) is 37.1 Å². The van der Waals surface area contributed by atoms with E-state index in [-0.39, 0.29) is 5.78 Å². The van der Waals surface area contributed by atoms with Crippen LogP contribution in [-0.2, 0) is 0 Å². The minimum atomic E-state index is 0.0880. The van der Waals surface area contributed by atoms with Gasteiger partial charge in [-0.3, -0.25) is 9.78 Å². The molecular weight excluding hydrogens is 198 g/mol. The molecule has 0 aliphatic carbocycles. The number of nitrogens with zero attached hydrogens (tertiary/aromatic N) is 1. The first-order valence-corrected chi connectivity index (χ1v) is 5.21. The van der Waals surface area contributed by atoms with E-state index in [4.69, 9.17) is 0 Å². The number of hydrogen-bond acceptors (Lipinski definition) is 2. The van der Waals surface area contributed by atoms with Gasteiger partial charge in [-0.25, -0.2) is 0 Å². The largest absolute Gasteiger partial charge is 0.294 e. The van der Waals surface area contributed by atoms with Crippen molar-refractivity contribution in [2.45, 2.75) is 13.8 Å². The molecule has 0 aliphatic rings. The smallest absolute Gasteiger partial charge is 0.160 e. The number of aryl methyl sites for hydroxylation is 1. The first kappa shape index (κ1) is 10.6. The molecular formula is C14H13NO. The average molecular weight is 211 g/mol. The van der Waals surface area contributed by atoms with E-state index in [1.807, 2.05) is 43.3 Å². The van der Waals surface area contributed by atoms with Gasteiger partial charge in [0, 0.05) is 17.5 Å². The van der Waals surface area contributed by atoms with Crippen molar-refractivity contribution in [1.82, 2.24) is 4.98 Å². The van der Waals surface area contributed by atoms with E-state index in [1.54, 1.807) is 13.1 Å². The topological polar surface area (TPSA) is 30.0 Å². The lowest BCUT2D eigenvalue weighted by molar-refractivity contribution is 0.101. The molecule has 0 aliphatic heterocycles. The molecule has 0 saturated carbocycles. The molecule has 2 rings (SSSR count). The van der Waals surface area contributed by atoms with Crippen molar-refractivity contribution >= 4 is 5.78 Å². The highest BCUT2D eigenvalue weighted by Gasteiger charge is 2.07. The van der Waals surface area contributed by atoms with Crippen molar-refractivity contribution in [3.63, 3.8) is 0 Å². The van der Waals surface area contributed by atoms with Crippen LogP contribution in [0.15, 0.2) is 42.6 Å². The summed E-state index contributed by atoms with van der Waals surface area (Å²) in [7, 11) is 0. The lowest BCUT2D eigenvalue weighted by atomic mass is 9.98. The van der Waals surface area contributed by atoms with Crippen LogP contribution < -0.4 is 0 Å². The Bertz CT molecular complexity index is 532. The molecule has 0 saturated heterocycles. The van der Waals surface area contributed by atoms with Gasteiger partial charge in [0.2, 0.25) is 0 Å². The molecule has 1 heterocycles. The quantitative estimate of drug-likeness (QED) is 0.714. The summed E-state index contributed by atoms with van der Waals surface area (Å²) in [5.74, 6) is 0.0880. The van der Waals surface area contributed by atoms with Gasteiger partial charge in [-0.1, -0.05) is 24.3 Å². The highest BCUT2D eigenvalue weighted by atomic mass is 16.1. The lowest BCUT2D eigenvalue weighted by Crippen LogP contribution is -1.96. The molecule has 0 radical (unpaired) electrons. The fourth-order valence-corrected chi connectivity index (χ4v) is 1.75. The summed E-state index contributed by atoms with van der Waals surface area (Å²) < 4.78 is 0. The highest BCUT2D eigenvalue weighted by Crippen LogP contribution is 2.23. The van der Waals surface area contributed by atoms with Crippen LogP contribution in [0.5, 0.6) is 0 Å². The van der Waals surface area contributed by atoms with Gasteiger partial charge in [0.05, 0.1) is 0 Å². The summed E-state index contributed by atoms with van der Waals surface area (Å²) in [6.07, 6.45) is 1.77. The second-order valence-electron chi connectivity index (χ2n) is 3.79. The third kappa shape index (κ3) is 2.01. The Morgan fingerprint density at radius 1 is 1.19 bits per heavy atom. The number of carbonyl (C=O) groups excluding carboxylic acids is 1. The number of ketones is 1. The molecule has 0 N–H and O–H groups in total. The molecule has 80 valence electrons. The summed E-state index contributed by atoms with van der Waals surface area (Å²) >= 11 is 0. The number of Topliss-reactive ketones (excluding diaryl/α,β-unsaturated/α-hetero) is 1. The molecule has 0 spiro atoms. The molecule has 0 fully saturated rings. The van der Waals surface area contributed by atoms with Crippen molar-refractivity contribution in [3.8, 4) is 11.1 Å². The number of rotatable bonds is 2. The normalized spacial score (nSPS) is 10.1. The van der Waals surface area contributed by atoms with E-state index in [0.29, 0.717) is 0 Å². The minimum Gasteiger partial charge on any atom is -0.294 e. The van der Waals surface area contributed by atoms with Crippen LogP contribution in [0.25, 0.3) is 11.1 Å². The number of pyridine rings is 1. The van der Waals surface area contributed by atoms with Gasteiger partial charge >= 0.3 is 0 Å². The predicted octanol–water partition coefficient (Wildman–Crippen LogP) is 3.26. The molecule has 2 heteroatoms. The SMILES string of the molecule is CC(=O)c1ccccc1-c1ccnc(C)c1. The Hall–Kier alpha value is -1.96. The van der Waals surface area contributed by atoms with Crippen molar-refractivity contribution in [3.05, 3.63) is 53.9 Å². The molecule has 0 bridgehead atoms. The minimum absolute atomic E-state index is 0.0880. The maximum atomic E-state index is 11.5.